The lowest BCUT2D eigenvalue weighted by atomic mass is 10.1. The molecule has 0 bridgehead atoms. The normalized spacial score (nSPS) is 12.1. The van der Waals surface area contributed by atoms with Gasteiger partial charge in [-0.3, -0.25) is 0 Å². The standard InChI is InChI=1S/C9H8ClNO4S/c10-16(13,14)4-3-6-1-2-7-9(8(6)12)15-5-11-7/h1-2,5,12H,3-4H2. The van der Waals surface area contributed by atoms with Gasteiger partial charge >= 0.3 is 0 Å². The summed E-state index contributed by atoms with van der Waals surface area (Å²) in [7, 11) is 1.52. The molecule has 0 aliphatic heterocycles. The maximum absolute atomic E-state index is 10.8. The molecule has 1 heterocycles. The fraction of sp³-hybridized carbons (Fsp3) is 0.222. The third kappa shape index (κ3) is 2.28. The van der Waals surface area contributed by atoms with E-state index < -0.39 is 9.05 Å². The highest BCUT2D eigenvalue weighted by Crippen LogP contribution is 2.28. The molecule has 1 aromatic heterocycles. The molecular weight excluding hydrogens is 254 g/mol. The average molecular weight is 262 g/mol. The van der Waals surface area contributed by atoms with Crippen molar-refractivity contribution in [3.8, 4) is 5.75 Å². The second-order valence-corrected chi connectivity index (χ2v) is 6.16. The molecule has 0 atom stereocenters. The van der Waals surface area contributed by atoms with E-state index in [9.17, 15) is 13.5 Å². The molecule has 0 saturated carbocycles. The monoisotopic (exact) mass is 261 g/mol. The van der Waals surface area contributed by atoms with Crippen LogP contribution < -0.4 is 0 Å². The summed E-state index contributed by atoms with van der Waals surface area (Å²) in [5.41, 5.74) is 1.24. The van der Waals surface area contributed by atoms with E-state index in [-0.39, 0.29) is 23.5 Å². The molecule has 1 aromatic carbocycles. The van der Waals surface area contributed by atoms with Crippen LogP contribution in [-0.4, -0.2) is 24.3 Å². The van der Waals surface area contributed by atoms with E-state index >= 15 is 0 Å². The quantitative estimate of drug-likeness (QED) is 0.850. The lowest BCUT2D eigenvalue weighted by Crippen LogP contribution is -2.01. The van der Waals surface area contributed by atoms with E-state index in [0.29, 0.717) is 11.1 Å². The third-order valence-corrected chi connectivity index (χ3v) is 3.33. The molecule has 0 aliphatic rings. The van der Waals surface area contributed by atoms with Crippen LogP contribution in [0.4, 0.5) is 0 Å². The van der Waals surface area contributed by atoms with Gasteiger partial charge in [0.2, 0.25) is 9.05 Å². The minimum absolute atomic E-state index is 0.0877. The van der Waals surface area contributed by atoms with Gasteiger partial charge in [-0.25, -0.2) is 13.4 Å². The van der Waals surface area contributed by atoms with Crippen molar-refractivity contribution in [2.75, 3.05) is 5.75 Å². The molecule has 0 fully saturated rings. The fourth-order valence-electron chi connectivity index (χ4n) is 1.39. The van der Waals surface area contributed by atoms with Crippen molar-refractivity contribution in [3.05, 3.63) is 24.1 Å². The maximum Gasteiger partial charge on any atom is 0.232 e. The molecule has 7 heteroatoms. The van der Waals surface area contributed by atoms with Gasteiger partial charge in [-0.2, -0.15) is 0 Å². The first-order chi connectivity index (χ1) is 7.47. The number of aromatic hydroxyl groups is 1. The molecule has 2 rings (SSSR count). The second kappa shape index (κ2) is 3.95. The molecule has 0 saturated heterocycles. The molecule has 0 spiro atoms. The van der Waals surface area contributed by atoms with E-state index in [1.807, 2.05) is 0 Å². The van der Waals surface area contributed by atoms with Gasteiger partial charge in [-0.15, -0.1) is 0 Å². The number of halogens is 1. The van der Waals surface area contributed by atoms with Gasteiger partial charge in [-0.1, -0.05) is 6.07 Å². The van der Waals surface area contributed by atoms with E-state index in [1.54, 1.807) is 12.1 Å². The average Bonchev–Trinajstić information content (AvgIpc) is 2.64. The second-order valence-electron chi connectivity index (χ2n) is 3.27. The van der Waals surface area contributed by atoms with Crippen molar-refractivity contribution >= 4 is 30.8 Å². The van der Waals surface area contributed by atoms with Gasteiger partial charge in [0.15, 0.2) is 17.7 Å². The molecule has 2 aromatic rings. The van der Waals surface area contributed by atoms with Crippen molar-refractivity contribution < 1.29 is 17.9 Å². The lowest BCUT2D eigenvalue weighted by Gasteiger charge is -2.02. The first-order valence-corrected chi connectivity index (χ1v) is 6.91. The van der Waals surface area contributed by atoms with Crippen LogP contribution >= 0.6 is 10.7 Å². The van der Waals surface area contributed by atoms with Crippen LogP contribution in [0.1, 0.15) is 5.56 Å². The Kier molecular flexibility index (Phi) is 2.77. The number of hydrogen-bond donors (Lipinski definition) is 1. The van der Waals surface area contributed by atoms with Gasteiger partial charge in [0.05, 0.1) is 5.75 Å². The molecule has 0 unspecified atom stereocenters. The molecule has 0 aliphatic carbocycles. The van der Waals surface area contributed by atoms with Gasteiger partial charge in [0, 0.05) is 10.7 Å². The van der Waals surface area contributed by atoms with Crippen LogP contribution in [-0.2, 0) is 15.5 Å². The maximum atomic E-state index is 10.8. The molecule has 0 radical (unpaired) electrons. The molecule has 86 valence electrons. The SMILES string of the molecule is O=S(=O)(Cl)CCc1ccc2ncoc2c1O. The van der Waals surface area contributed by atoms with E-state index in [4.69, 9.17) is 15.1 Å². The van der Waals surface area contributed by atoms with E-state index in [0.717, 1.165) is 0 Å². The van der Waals surface area contributed by atoms with Crippen LogP contribution in [0.5, 0.6) is 5.75 Å². The summed E-state index contributed by atoms with van der Waals surface area (Å²) >= 11 is 0. The number of benzene rings is 1. The number of aromatic nitrogens is 1. The number of phenolic OH excluding ortho intramolecular Hbond substituents is 1. The summed E-state index contributed by atoms with van der Waals surface area (Å²) in [5, 5.41) is 9.76. The zero-order chi connectivity index (χ0) is 11.8. The van der Waals surface area contributed by atoms with E-state index in [2.05, 4.69) is 4.98 Å². The minimum atomic E-state index is -3.56. The zero-order valence-electron chi connectivity index (χ0n) is 8.05. The zero-order valence-corrected chi connectivity index (χ0v) is 9.62. The molecule has 5 nitrogen and oxygen atoms in total. The largest absolute Gasteiger partial charge is 0.504 e. The number of hydrogen-bond acceptors (Lipinski definition) is 5. The summed E-state index contributed by atoms with van der Waals surface area (Å²) in [4.78, 5) is 3.86. The molecule has 1 N–H and O–H groups in total. The van der Waals surface area contributed by atoms with Crippen molar-refractivity contribution in [1.29, 1.82) is 0 Å². The van der Waals surface area contributed by atoms with Crippen LogP contribution in [0, 0.1) is 0 Å². The summed E-state index contributed by atoms with van der Waals surface area (Å²) in [6.45, 7) is 0. The lowest BCUT2D eigenvalue weighted by molar-refractivity contribution is 0.458. The summed E-state index contributed by atoms with van der Waals surface area (Å²) in [6.07, 6.45) is 1.35. The van der Waals surface area contributed by atoms with Gasteiger partial charge in [0.1, 0.15) is 5.52 Å². The Morgan fingerprint density at radius 1 is 1.44 bits per heavy atom. The van der Waals surface area contributed by atoms with Gasteiger partial charge in [0.25, 0.3) is 0 Å². The highest BCUT2D eigenvalue weighted by atomic mass is 35.7. The number of rotatable bonds is 3. The topological polar surface area (TPSA) is 80.4 Å². The molecular formula is C9H8ClNO4S. The summed E-state index contributed by atoms with van der Waals surface area (Å²) in [6, 6.07) is 3.25. The number of fused-ring (bicyclic) bond motifs is 1. The number of phenols is 1. The first-order valence-electron chi connectivity index (χ1n) is 4.44. The van der Waals surface area contributed by atoms with Crippen molar-refractivity contribution in [2.24, 2.45) is 0 Å². The Hall–Kier alpha value is -1.27. The van der Waals surface area contributed by atoms with Crippen LogP contribution in [0.15, 0.2) is 22.9 Å². The van der Waals surface area contributed by atoms with Gasteiger partial charge in [-0.05, 0) is 18.1 Å². The predicted octanol–water partition coefficient (Wildman–Crippen LogP) is 1.64. The van der Waals surface area contributed by atoms with Crippen molar-refractivity contribution in [2.45, 2.75) is 6.42 Å². The highest BCUT2D eigenvalue weighted by Gasteiger charge is 2.13. The fourth-order valence-corrected chi connectivity index (χ4v) is 2.08. The van der Waals surface area contributed by atoms with Crippen LogP contribution in [0.25, 0.3) is 11.1 Å². The Labute approximate surface area is 96.1 Å². The first kappa shape index (κ1) is 11.2. The van der Waals surface area contributed by atoms with Crippen molar-refractivity contribution in [3.63, 3.8) is 0 Å². The van der Waals surface area contributed by atoms with Crippen molar-refractivity contribution in [1.82, 2.24) is 4.98 Å². The Balaban J connectivity index is 2.34. The third-order valence-electron chi connectivity index (χ3n) is 2.17. The Bertz CT molecular complexity index is 619. The summed E-state index contributed by atoms with van der Waals surface area (Å²) < 4.78 is 26.5. The molecule has 16 heavy (non-hydrogen) atoms. The highest BCUT2D eigenvalue weighted by molar-refractivity contribution is 8.13. The van der Waals surface area contributed by atoms with Crippen LogP contribution in [0.2, 0.25) is 0 Å². The van der Waals surface area contributed by atoms with Gasteiger partial charge < -0.3 is 9.52 Å². The number of oxazole rings is 1. The minimum Gasteiger partial charge on any atom is -0.504 e. The smallest absolute Gasteiger partial charge is 0.232 e. The predicted molar refractivity (Wildman–Crippen MR) is 59.0 cm³/mol. The van der Waals surface area contributed by atoms with Crippen LogP contribution in [0.3, 0.4) is 0 Å². The Morgan fingerprint density at radius 2 is 2.19 bits per heavy atom. The summed E-state index contributed by atoms with van der Waals surface area (Å²) in [5.74, 6) is -0.322. The Morgan fingerprint density at radius 3 is 2.88 bits per heavy atom. The number of nitrogens with zero attached hydrogens (tertiary/aromatic N) is 1. The molecule has 0 amide bonds. The number of aryl methyl sites for hydroxylation is 1. The van der Waals surface area contributed by atoms with E-state index in [1.165, 1.54) is 6.39 Å².